The van der Waals surface area contributed by atoms with Crippen LogP contribution in [0.3, 0.4) is 0 Å². The SMILES string of the molecule is CN(/C=C\C(=O)NC=O)C1CCC(COP(=O)(OCOC(=O)C(C)(C)C)OCOC(=O)C(C)(C)C)O1. The van der Waals surface area contributed by atoms with Gasteiger partial charge in [-0.1, -0.05) is 0 Å². The number of amides is 2. The van der Waals surface area contributed by atoms with Gasteiger partial charge in [0, 0.05) is 19.3 Å². The monoisotopic (exact) mass is 536 g/mol. The number of hydrogen-bond donors (Lipinski definition) is 1. The van der Waals surface area contributed by atoms with Gasteiger partial charge in [0.1, 0.15) is 6.23 Å². The molecule has 1 rings (SSSR count). The van der Waals surface area contributed by atoms with Crippen LogP contribution in [0, 0.1) is 10.8 Å². The van der Waals surface area contributed by atoms with Gasteiger partial charge in [0.2, 0.25) is 20.0 Å². The molecule has 1 fully saturated rings. The summed E-state index contributed by atoms with van der Waals surface area (Å²) in [6.07, 6.45) is 3.11. The number of imide groups is 1. The highest BCUT2D eigenvalue weighted by Gasteiger charge is 2.35. The summed E-state index contributed by atoms with van der Waals surface area (Å²) < 4.78 is 44.4. The number of carbonyl (C=O) groups is 4. The Labute approximate surface area is 211 Å². The minimum atomic E-state index is -4.31. The number of esters is 2. The maximum absolute atomic E-state index is 13.1. The van der Waals surface area contributed by atoms with E-state index in [0.29, 0.717) is 12.8 Å². The van der Waals surface area contributed by atoms with Crippen molar-refractivity contribution in [3.63, 3.8) is 0 Å². The zero-order valence-corrected chi connectivity index (χ0v) is 22.7. The summed E-state index contributed by atoms with van der Waals surface area (Å²) >= 11 is 0. The smallest absolute Gasteiger partial charge is 0.437 e. The van der Waals surface area contributed by atoms with Gasteiger partial charge in [0.15, 0.2) is 0 Å². The second-order valence-corrected chi connectivity index (χ2v) is 11.7. The lowest BCUT2D eigenvalue weighted by Crippen LogP contribution is -2.29. The lowest BCUT2D eigenvalue weighted by molar-refractivity contribution is -0.163. The number of phosphoric acid groups is 1. The molecule has 0 aromatic rings. The Bertz CT molecular complexity index is 812. The third kappa shape index (κ3) is 11.6. The summed E-state index contributed by atoms with van der Waals surface area (Å²) in [4.78, 5) is 47.2. The number of nitrogens with one attached hydrogen (secondary N) is 1. The molecule has 0 bridgehead atoms. The number of carbonyl (C=O) groups excluding carboxylic acids is 4. The topological polar surface area (TPSA) is 156 Å². The van der Waals surface area contributed by atoms with Crippen LogP contribution in [0.5, 0.6) is 0 Å². The zero-order chi connectivity index (χ0) is 27.6. The summed E-state index contributed by atoms with van der Waals surface area (Å²) in [5.41, 5.74) is -1.61. The molecule has 0 radical (unpaired) electrons. The van der Waals surface area contributed by atoms with E-state index in [0.717, 1.165) is 0 Å². The highest BCUT2D eigenvalue weighted by molar-refractivity contribution is 7.48. The molecule has 36 heavy (non-hydrogen) atoms. The van der Waals surface area contributed by atoms with Crippen molar-refractivity contribution < 1.29 is 51.5 Å². The fourth-order valence-corrected chi connectivity index (χ4v) is 3.44. The fraction of sp³-hybridized carbons (Fsp3) is 0.727. The molecule has 0 spiro atoms. The first kappa shape index (κ1) is 31.7. The Kier molecular flexibility index (Phi) is 12.2. The van der Waals surface area contributed by atoms with Crippen molar-refractivity contribution in [1.29, 1.82) is 0 Å². The molecule has 1 heterocycles. The molecule has 0 aromatic carbocycles. The van der Waals surface area contributed by atoms with Gasteiger partial charge in [0.05, 0.1) is 23.5 Å². The van der Waals surface area contributed by atoms with E-state index in [1.165, 1.54) is 12.3 Å². The minimum Gasteiger partial charge on any atom is -0.437 e. The molecular formula is C22H37N2O11P. The van der Waals surface area contributed by atoms with E-state index in [1.807, 2.05) is 5.32 Å². The number of hydrogen-bond acceptors (Lipinski definition) is 12. The van der Waals surface area contributed by atoms with Gasteiger partial charge in [-0.2, -0.15) is 0 Å². The standard InChI is InChI=1S/C22H37N2O11P/c1-21(2,3)19(27)30-14-33-36(29,34-15-31-20(28)22(4,5)6)32-12-16-8-9-18(35-16)24(7)11-10-17(26)23-13-25/h10-11,13,16,18H,8-9,12,14-15H2,1-7H3,(H,23,25,26)/b11-10-. The van der Waals surface area contributed by atoms with E-state index in [4.69, 9.17) is 27.8 Å². The number of phosphoric ester groups is 1. The largest absolute Gasteiger partial charge is 0.480 e. The first-order valence-electron chi connectivity index (χ1n) is 11.3. The van der Waals surface area contributed by atoms with Crippen LogP contribution in [0.2, 0.25) is 0 Å². The predicted molar refractivity (Wildman–Crippen MR) is 126 cm³/mol. The van der Waals surface area contributed by atoms with Crippen LogP contribution in [0.4, 0.5) is 0 Å². The molecule has 0 aromatic heterocycles. The van der Waals surface area contributed by atoms with E-state index in [1.54, 1.807) is 53.5 Å². The maximum atomic E-state index is 13.1. The molecule has 13 nitrogen and oxygen atoms in total. The summed E-state index contributed by atoms with van der Waals surface area (Å²) in [5, 5.41) is 1.99. The van der Waals surface area contributed by atoms with E-state index < -0.39 is 62.4 Å². The molecule has 0 aliphatic carbocycles. The minimum absolute atomic E-state index is 0.197. The zero-order valence-electron chi connectivity index (χ0n) is 21.8. The summed E-state index contributed by atoms with van der Waals surface area (Å²) in [6, 6.07) is 0. The van der Waals surface area contributed by atoms with Gasteiger partial charge >= 0.3 is 19.8 Å². The molecule has 1 aliphatic rings. The van der Waals surface area contributed by atoms with Gasteiger partial charge in [-0.15, -0.1) is 0 Å². The molecule has 1 saturated heterocycles. The summed E-state index contributed by atoms with van der Waals surface area (Å²) in [7, 11) is -2.63. The lowest BCUT2D eigenvalue weighted by atomic mass is 9.98. The lowest BCUT2D eigenvalue weighted by Gasteiger charge is -2.24. The van der Waals surface area contributed by atoms with Crippen LogP contribution >= 0.6 is 7.82 Å². The Balaban J connectivity index is 2.69. The van der Waals surface area contributed by atoms with Gasteiger partial charge < -0.3 is 19.1 Å². The molecule has 2 atom stereocenters. The van der Waals surface area contributed by atoms with E-state index in [-0.39, 0.29) is 13.0 Å². The molecule has 14 heteroatoms. The summed E-state index contributed by atoms with van der Waals surface area (Å²) in [5.74, 6) is -1.76. The van der Waals surface area contributed by atoms with Crippen LogP contribution in [-0.2, 0) is 51.5 Å². The average molecular weight is 537 g/mol. The van der Waals surface area contributed by atoms with Crippen molar-refractivity contribution in [2.24, 2.45) is 10.8 Å². The molecule has 1 N–H and O–H groups in total. The van der Waals surface area contributed by atoms with Crippen molar-refractivity contribution in [3.8, 4) is 0 Å². The average Bonchev–Trinajstić information content (AvgIpc) is 3.24. The van der Waals surface area contributed by atoms with E-state index in [9.17, 15) is 23.7 Å². The Morgan fingerprint density at radius 2 is 1.50 bits per heavy atom. The molecule has 0 saturated carbocycles. The number of nitrogens with zero attached hydrogens (tertiary/aromatic N) is 1. The van der Waals surface area contributed by atoms with Crippen molar-refractivity contribution in [3.05, 3.63) is 12.3 Å². The Morgan fingerprint density at radius 1 is 0.972 bits per heavy atom. The number of rotatable bonds is 13. The van der Waals surface area contributed by atoms with Gasteiger partial charge in [-0.25, -0.2) is 13.6 Å². The van der Waals surface area contributed by atoms with Crippen LogP contribution < -0.4 is 5.32 Å². The highest BCUT2D eigenvalue weighted by atomic mass is 31.2. The van der Waals surface area contributed by atoms with Crippen molar-refractivity contribution in [1.82, 2.24) is 10.2 Å². The normalized spacial score (nSPS) is 18.6. The first-order chi connectivity index (χ1) is 16.6. The van der Waals surface area contributed by atoms with Gasteiger partial charge in [-0.3, -0.25) is 29.0 Å². The number of ether oxygens (including phenoxy) is 3. The Hall–Kier alpha value is -2.31. The molecular weight excluding hydrogens is 499 g/mol. The van der Waals surface area contributed by atoms with Crippen LogP contribution in [-0.4, -0.2) is 68.7 Å². The predicted octanol–water partition coefficient (Wildman–Crippen LogP) is 2.46. The van der Waals surface area contributed by atoms with E-state index >= 15 is 0 Å². The molecule has 2 unspecified atom stereocenters. The quantitative estimate of drug-likeness (QED) is 0.121. The Morgan fingerprint density at radius 3 is 1.97 bits per heavy atom. The van der Waals surface area contributed by atoms with E-state index in [2.05, 4.69) is 0 Å². The maximum Gasteiger partial charge on any atom is 0.480 e. The second-order valence-electron chi connectivity index (χ2n) is 10.00. The third-order valence-corrected chi connectivity index (χ3v) is 5.96. The van der Waals surface area contributed by atoms with Crippen LogP contribution in [0.1, 0.15) is 54.4 Å². The molecule has 1 aliphatic heterocycles. The highest BCUT2D eigenvalue weighted by Crippen LogP contribution is 2.50. The van der Waals surface area contributed by atoms with Gasteiger partial charge in [-0.05, 0) is 54.4 Å². The van der Waals surface area contributed by atoms with Crippen molar-refractivity contribution in [2.45, 2.75) is 66.7 Å². The van der Waals surface area contributed by atoms with Crippen LogP contribution in [0.25, 0.3) is 0 Å². The second kappa shape index (κ2) is 13.8. The van der Waals surface area contributed by atoms with Gasteiger partial charge in [0.25, 0.3) is 5.91 Å². The fourth-order valence-electron chi connectivity index (χ4n) is 2.50. The third-order valence-electron chi connectivity index (χ3n) is 4.65. The first-order valence-corrected chi connectivity index (χ1v) is 12.7. The molecule has 2 amide bonds. The van der Waals surface area contributed by atoms with Crippen molar-refractivity contribution in [2.75, 3.05) is 27.2 Å². The van der Waals surface area contributed by atoms with Crippen molar-refractivity contribution >= 4 is 32.1 Å². The van der Waals surface area contributed by atoms with Crippen LogP contribution in [0.15, 0.2) is 12.3 Å². The molecule has 206 valence electrons. The summed E-state index contributed by atoms with van der Waals surface area (Å²) in [6.45, 7) is 8.25.